The van der Waals surface area contributed by atoms with Gasteiger partial charge in [0.05, 0.1) is 18.4 Å². The van der Waals surface area contributed by atoms with E-state index in [1.165, 1.54) is 11.3 Å². The van der Waals surface area contributed by atoms with Crippen LogP contribution < -0.4 is 10.6 Å². The van der Waals surface area contributed by atoms with Gasteiger partial charge in [-0.05, 0) is 44.4 Å². The van der Waals surface area contributed by atoms with Crippen molar-refractivity contribution in [1.82, 2.24) is 15.2 Å². The van der Waals surface area contributed by atoms with Gasteiger partial charge in [0.1, 0.15) is 0 Å². The minimum absolute atomic E-state index is 0.105. The lowest BCUT2D eigenvalue weighted by Crippen LogP contribution is -2.43. The Labute approximate surface area is 204 Å². The van der Waals surface area contributed by atoms with Crippen molar-refractivity contribution in [3.05, 3.63) is 58.4 Å². The smallest absolute Gasteiger partial charge is 0.280 e. The van der Waals surface area contributed by atoms with Crippen molar-refractivity contribution < 1.29 is 9.53 Å². The van der Waals surface area contributed by atoms with Crippen LogP contribution in [0.1, 0.15) is 28.2 Å². The summed E-state index contributed by atoms with van der Waals surface area (Å²) in [6.07, 6.45) is 1.92. The SMILES string of the molecule is C=C(C#N)CNc1c(COC)ccc2ccc(-c3csc(C(=O)NC4CCN(C)CC4)n3)cc12. The van der Waals surface area contributed by atoms with Gasteiger partial charge in [0.25, 0.3) is 5.91 Å². The third-order valence-corrected chi connectivity index (χ3v) is 6.93. The van der Waals surface area contributed by atoms with Crippen molar-refractivity contribution in [3.8, 4) is 17.3 Å². The molecule has 0 aliphatic carbocycles. The summed E-state index contributed by atoms with van der Waals surface area (Å²) in [6, 6.07) is 12.5. The number of nitriles is 1. The van der Waals surface area contributed by atoms with E-state index in [0.29, 0.717) is 23.7 Å². The molecule has 0 spiro atoms. The molecule has 34 heavy (non-hydrogen) atoms. The van der Waals surface area contributed by atoms with Crippen molar-refractivity contribution >= 4 is 33.7 Å². The monoisotopic (exact) mass is 475 g/mol. The number of thiazole rings is 1. The zero-order valence-electron chi connectivity index (χ0n) is 19.6. The van der Waals surface area contributed by atoms with E-state index in [4.69, 9.17) is 10.00 Å². The Morgan fingerprint density at radius 2 is 2.09 bits per heavy atom. The van der Waals surface area contributed by atoms with Crippen LogP contribution in [0.3, 0.4) is 0 Å². The Morgan fingerprint density at radius 3 is 2.82 bits per heavy atom. The van der Waals surface area contributed by atoms with E-state index in [1.807, 2.05) is 23.6 Å². The molecule has 2 heterocycles. The van der Waals surface area contributed by atoms with Gasteiger partial charge in [0.2, 0.25) is 0 Å². The Bertz CT molecular complexity index is 1240. The molecule has 0 unspecified atom stereocenters. The third-order valence-electron chi connectivity index (χ3n) is 6.09. The number of amides is 1. The quantitative estimate of drug-likeness (QED) is 0.469. The number of nitrogens with zero attached hydrogens (tertiary/aromatic N) is 3. The fourth-order valence-electron chi connectivity index (χ4n) is 4.15. The van der Waals surface area contributed by atoms with Crippen LogP contribution in [0.2, 0.25) is 0 Å². The summed E-state index contributed by atoms with van der Waals surface area (Å²) in [7, 11) is 3.76. The number of carbonyl (C=O) groups is 1. The molecule has 2 aromatic carbocycles. The number of benzene rings is 2. The summed E-state index contributed by atoms with van der Waals surface area (Å²) in [4.78, 5) is 19.7. The minimum atomic E-state index is -0.105. The van der Waals surface area contributed by atoms with Crippen LogP contribution in [0.5, 0.6) is 0 Å². The van der Waals surface area contributed by atoms with Crippen molar-refractivity contribution in [2.75, 3.05) is 39.1 Å². The molecule has 1 aromatic heterocycles. The largest absolute Gasteiger partial charge is 0.380 e. The molecule has 176 valence electrons. The number of likely N-dealkylation sites (tertiary alicyclic amines) is 1. The van der Waals surface area contributed by atoms with E-state index in [0.717, 1.165) is 59.2 Å². The summed E-state index contributed by atoms with van der Waals surface area (Å²) < 4.78 is 5.38. The van der Waals surface area contributed by atoms with Crippen LogP contribution >= 0.6 is 11.3 Å². The van der Waals surface area contributed by atoms with Crippen LogP contribution in [-0.2, 0) is 11.3 Å². The molecule has 2 N–H and O–H groups in total. The summed E-state index contributed by atoms with van der Waals surface area (Å²) in [5.41, 5.74) is 4.06. The first-order valence-corrected chi connectivity index (χ1v) is 12.2. The Hall–Kier alpha value is -3.25. The second kappa shape index (κ2) is 10.8. The van der Waals surface area contributed by atoms with Gasteiger partial charge in [-0.3, -0.25) is 4.79 Å². The molecule has 0 bridgehead atoms. The average molecular weight is 476 g/mol. The third kappa shape index (κ3) is 5.45. The van der Waals surface area contributed by atoms with Crippen molar-refractivity contribution in [3.63, 3.8) is 0 Å². The number of hydrogen-bond donors (Lipinski definition) is 2. The molecule has 0 saturated carbocycles. The second-order valence-electron chi connectivity index (χ2n) is 8.63. The average Bonchev–Trinajstić information content (AvgIpc) is 3.35. The maximum absolute atomic E-state index is 12.8. The molecule has 1 saturated heterocycles. The number of ether oxygens (including phenoxy) is 1. The fourth-order valence-corrected chi connectivity index (χ4v) is 4.88. The number of carbonyl (C=O) groups excluding carboxylic acids is 1. The molecule has 8 heteroatoms. The van der Waals surface area contributed by atoms with Crippen molar-refractivity contribution in [2.24, 2.45) is 0 Å². The second-order valence-corrected chi connectivity index (χ2v) is 9.48. The topological polar surface area (TPSA) is 90.3 Å². The van der Waals surface area contributed by atoms with Crippen LogP contribution in [0.25, 0.3) is 22.0 Å². The molecule has 1 aliphatic heterocycles. The lowest BCUT2D eigenvalue weighted by molar-refractivity contribution is 0.0916. The van der Waals surface area contributed by atoms with Gasteiger partial charge < -0.3 is 20.3 Å². The lowest BCUT2D eigenvalue weighted by Gasteiger charge is -2.29. The van der Waals surface area contributed by atoms with E-state index in [1.54, 1.807) is 7.11 Å². The van der Waals surface area contributed by atoms with Crippen molar-refractivity contribution in [2.45, 2.75) is 25.5 Å². The van der Waals surface area contributed by atoms with Gasteiger partial charge in [-0.15, -0.1) is 11.3 Å². The van der Waals surface area contributed by atoms with Gasteiger partial charge in [-0.2, -0.15) is 5.26 Å². The summed E-state index contributed by atoms with van der Waals surface area (Å²) in [6.45, 7) is 6.56. The molecule has 1 amide bonds. The highest BCUT2D eigenvalue weighted by molar-refractivity contribution is 7.12. The molecular formula is C26H29N5O2S. The first kappa shape index (κ1) is 23.9. The van der Waals surface area contributed by atoms with Gasteiger partial charge in [-0.1, -0.05) is 30.8 Å². The normalized spacial score (nSPS) is 14.6. The zero-order chi connectivity index (χ0) is 24.1. The molecule has 7 nitrogen and oxygen atoms in total. The van der Waals surface area contributed by atoms with Crippen LogP contribution in [-0.4, -0.2) is 55.6 Å². The molecule has 0 atom stereocenters. The summed E-state index contributed by atoms with van der Waals surface area (Å²) in [5.74, 6) is -0.105. The molecule has 1 aliphatic rings. The highest BCUT2D eigenvalue weighted by Gasteiger charge is 2.21. The van der Waals surface area contributed by atoms with E-state index in [2.05, 4.69) is 52.3 Å². The number of piperidine rings is 1. The molecule has 1 fully saturated rings. The van der Waals surface area contributed by atoms with Gasteiger partial charge in [0.15, 0.2) is 5.01 Å². The molecule has 3 aromatic rings. The Kier molecular flexibility index (Phi) is 7.58. The molecular weight excluding hydrogens is 446 g/mol. The fraction of sp³-hybridized carbons (Fsp3) is 0.346. The highest BCUT2D eigenvalue weighted by atomic mass is 32.1. The van der Waals surface area contributed by atoms with E-state index in [9.17, 15) is 4.79 Å². The van der Waals surface area contributed by atoms with Crippen molar-refractivity contribution in [1.29, 1.82) is 5.26 Å². The van der Waals surface area contributed by atoms with Crippen LogP contribution in [0.4, 0.5) is 5.69 Å². The zero-order valence-corrected chi connectivity index (χ0v) is 20.4. The Balaban J connectivity index is 1.59. The number of aromatic nitrogens is 1. The first-order chi connectivity index (χ1) is 16.5. The number of fused-ring (bicyclic) bond motifs is 1. The molecule has 4 rings (SSSR count). The number of methoxy groups -OCH3 is 1. The van der Waals surface area contributed by atoms with Gasteiger partial charge in [-0.25, -0.2) is 4.98 Å². The number of hydrogen-bond acceptors (Lipinski definition) is 7. The van der Waals surface area contributed by atoms with Gasteiger partial charge in [0, 0.05) is 52.9 Å². The number of anilines is 1. The number of rotatable bonds is 8. The van der Waals surface area contributed by atoms with E-state index < -0.39 is 0 Å². The highest BCUT2D eigenvalue weighted by Crippen LogP contribution is 2.33. The van der Waals surface area contributed by atoms with Crippen LogP contribution in [0, 0.1) is 11.3 Å². The maximum atomic E-state index is 12.8. The summed E-state index contributed by atoms with van der Waals surface area (Å²) >= 11 is 1.36. The molecule has 0 radical (unpaired) electrons. The van der Waals surface area contributed by atoms with Gasteiger partial charge >= 0.3 is 0 Å². The van der Waals surface area contributed by atoms with E-state index in [-0.39, 0.29) is 11.9 Å². The summed E-state index contributed by atoms with van der Waals surface area (Å²) in [5, 5.41) is 20.1. The number of nitrogens with one attached hydrogen (secondary N) is 2. The first-order valence-electron chi connectivity index (χ1n) is 11.3. The minimum Gasteiger partial charge on any atom is -0.380 e. The van der Waals surface area contributed by atoms with Crippen LogP contribution in [0.15, 0.2) is 47.9 Å². The van der Waals surface area contributed by atoms with E-state index >= 15 is 0 Å². The lowest BCUT2D eigenvalue weighted by atomic mass is 10.0. The predicted octanol–water partition coefficient (Wildman–Crippen LogP) is 4.43. The standard InChI is InChI=1S/C26H29N5O2S/c1-17(13-27)14-28-24-20(15-33-3)7-5-18-4-6-19(12-22(18)24)23-16-34-26(30-23)25(32)29-21-8-10-31(2)11-9-21/h4-7,12,16,21,28H,1,8-11,14-15H2,2-3H3,(H,29,32). The maximum Gasteiger partial charge on any atom is 0.280 e. The Morgan fingerprint density at radius 1 is 1.32 bits per heavy atom. The predicted molar refractivity (Wildman–Crippen MR) is 137 cm³/mol.